The quantitative estimate of drug-likeness (QED) is 0.300. The summed E-state index contributed by atoms with van der Waals surface area (Å²) in [5.74, 6) is -3.18. The van der Waals surface area contributed by atoms with Crippen molar-refractivity contribution in [1.29, 1.82) is 0 Å². The van der Waals surface area contributed by atoms with Crippen LogP contribution in [-0.2, 0) is 25.6 Å². The Morgan fingerprint density at radius 2 is 1.62 bits per heavy atom. The predicted molar refractivity (Wildman–Crippen MR) is 109 cm³/mol. The molecule has 160 valence electrons. The lowest BCUT2D eigenvalue weighted by molar-refractivity contribution is -0.143. The highest BCUT2D eigenvalue weighted by Gasteiger charge is 2.28. The molecule has 0 radical (unpaired) electrons. The topological polar surface area (TPSA) is 159 Å². The molecule has 0 saturated heterocycles. The molecule has 3 atom stereocenters. The van der Waals surface area contributed by atoms with E-state index in [1.807, 2.05) is 36.6 Å². The maximum absolute atomic E-state index is 12.5. The van der Waals surface area contributed by atoms with Crippen molar-refractivity contribution in [3.8, 4) is 0 Å². The van der Waals surface area contributed by atoms with Crippen LogP contribution >= 0.6 is 11.8 Å². The highest BCUT2D eigenvalue weighted by Crippen LogP contribution is 2.06. The lowest BCUT2D eigenvalue weighted by Crippen LogP contribution is -2.55. The van der Waals surface area contributed by atoms with Crippen LogP contribution in [-0.4, -0.2) is 64.1 Å². The first-order valence-corrected chi connectivity index (χ1v) is 10.5. The number of thioether (sulfide) groups is 1. The monoisotopic (exact) mass is 425 g/mol. The lowest BCUT2D eigenvalue weighted by atomic mass is 10.0. The molecule has 0 heterocycles. The Balaban J connectivity index is 2.78. The normalized spacial score (nSPS) is 13.7. The Hall–Kier alpha value is -2.59. The summed E-state index contributed by atoms with van der Waals surface area (Å²) in [4.78, 5) is 47.2. The van der Waals surface area contributed by atoms with Gasteiger partial charge in [-0.15, -0.1) is 0 Å². The van der Waals surface area contributed by atoms with Gasteiger partial charge < -0.3 is 26.6 Å². The average Bonchev–Trinajstić information content (AvgIpc) is 2.68. The summed E-state index contributed by atoms with van der Waals surface area (Å²) in [6.45, 7) is 0. The number of carboxylic acids is 2. The third kappa shape index (κ3) is 9.44. The summed E-state index contributed by atoms with van der Waals surface area (Å²) in [5.41, 5.74) is 6.75. The summed E-state index contributed by atoms with van der Waals surface area (Å²) in [6, 6.07) is 5.80. The number of carbonyl (C=O) groups excluding carboxylic acids is 2. The zero-order valence-corrected chi connectivity index (χ0v) is 17.0. The fourth-order valence-corrected chi connectivity index (χ4v) is 3.01. The number of carbonyl (C=O) groups is 4. The fourth-order valence-electron chi connectivity index (χ4n) is 2.54. The number of carboxylic acid groups (broad SMARTS) is 2. The number of aliphatic carboxylic acids is 2. The smallest absolute Gasteiger partial charge is 0.326 e. The molecule has 0 aliphatic carbocycles. The third-order valence-corrected chi connectivity index (χ3v) is 4.78. The summed E-state index contributed by atoms with van der Waals surface area (Å²) in [5, 5.41) is 23.0. The Kier molecular flexibility index (Phi) is 10.8. The van der Waals surface area contributed by atoms with Gasteiger partial charge in [-0.1, -0.05) is 30.3 Å². The number of hydrogen-bond acceptors (Lipinski definition) is 6. The van der Waals surface area contributed by atoms with Crippen molar-refractivity contribution < 1.29 is 29.4 Å². The van der Waals surface area contributed by atoms with Crippen LogP contribution in [0.5, 0.6) is 0 Å². The number of nitrogens with two attached hydrogens (primary N) is 1. The van der Waals surface area contributed by atoms with E-state index in [2.05, 4.69) is 10.6 Å². The minimum absolute atomic E-state index is 0.181. The standard InChI is InChI=1S/C19H27N3O6S/c1-29-10-9-15(19(27)28)22-18(26)14(7-8-16(23)24)21-17(25)13(20)11-12-5-3-2-4-6-12/h2-6,13-15H,7-11,20H2,1H3,(H,21,25)(H,22,26)(H,23,24)(H,27,28)/t13-,14-,15-/m0/s1. The number of hydrogen-bond donors (Lipinski definition) is 5. The van der Waals surface area contributed by atoms with Gasteiger partial charge in [-0.05, 0) is 36.8 Å². The van der Waals surface area contributed by atoms with E-state index in [1.54, 1.807) is 0 Å². The molecular weight excluding hydrogens is 398 g/mol. The van der Waals surface area contributed by atoms with Crippen molar-refractivity contribution in [1.82, 2.24) is 10.6 Å². The maximum Gasteiger partial charge on any atom is 0.326 e. The first-order valence-electron chi connectivity index (χ1n) is 9.08. The van der Waals surface area contributed by atoms with Gasteiger partial charge in [0.1, 0.15) is 12.1 Å². The molecular formula is C19H27N3O6S. The largest absolute Gasteiger partial charge is 0.481 e. The molecule has 0 aliphatic heterocycles. The zero-order valence-electron chi connectivity index (χ0n) is 16.2. The number of benzene rings is 1. The first-order chi connectivity index (χ1) is 13.7. The first kappa shape index (κ1) is 24.4. The van der Waals surface area contributed by atoms with Crippen molar-refractivity contribution >= 4 is 35.5 Å². The van der Waals surface area contributed by atoms with Crippen LogP contribution in [0.2, 0.25) is 0 Å². The Bertz CT molecular complexity index is 700. The Morgan fingerprint density at radius 1 is 1.00 bits per heavy atom. The van der Waals surface area contributed by atoms with Crippen molar-refractivity contribution in [3.05, 3.63) is 35.9 Å². The van der Waals surface area contributed by atoms with Gasteiger partial charge in [0.15, 0.2) is 0 Å². The SMILES string of the molecule is CSCC[C@H](NC(=O)[C@H](CCC(=O)O)NC(=O)[C@@H](N)Cc1ccccc1)C(=O)O. The molecule has 9 nitrogen and oxygen atoms in total. The molecule has 29 heavy (non-hydrogen) atoms. The molecule has 0 unspecified atom stereocenters. The molecule has 2 amide bonds. The minimum atomic E-state index is -1.20. The van der Waals surface area contributed by atoms with E-state index in [1.165, 1.54) is 11.8 Å². The highest BCUT2D eigenvalue weighted by molar-refractivity contribution is 7.98. The predicted octanol–water partition coefficient (Wildman–Crippen LogP) is 0.229. The van der Waals surface area contributed by atoms with Crippen LogP contribution in [0.1, 0.15) is 24.8 Å². The second-order valence-corrected chi connectivity index (χ2v) is 7.46. The van der Waals surface area contributed by atoms with E-state index in [4.69, 9.17) is 10.8 Å². The van der Waals surface area contributed by atoms with E-state index in [9.17, 15) is 24.3 Å². The lowest BCUT2D eigenvalue weighted by Gasteiger charge is -2.22. The summed E-state index contributed by atoms with van der Waals surface area (Å²) < 4.78 is 0. The molecule has 1 rings (SSSR count). The number of amides is 2. The molecule has 1 aromatic rings. The van der Waals surface area contributed by atoms with Crippen molar-refractivity contribution in [2.75, 3.05) is 12.0 Å². The van der Waals surface area contributed by atoms with Crippen molar-refractivity contribution in [3.63, 3.8) is 0 Å². The molecule has 10 heteroatoms. The zero-order chi connectivity index (χ0) is 21.8. The van der Waals surface area contributed by atoms with Gasteiger partial charge in [-0.25, -0.2) is 4.79 Å². The average molecular weight is 426 g/mol. The van der Waals surface area contributed by atoms with Crippen LogP contribution in [0, 0.1) is 0 Å². The second kappa shape index (κ2) is 12.8. The fraction of sp³-hybridized carbons (Fsp3) is 0.474. The molecule has 0 saturated carbocycles. The van der Waals surface area contributed by atoms with Gasteiger partial charge in [0.05, 0.1) is 6.04 Å². The van der Waals surface area contributed by atoms with E-state index < -0.39 is 41.9 Å². The van der Waals surface area contributed by atoms with Crippen molar-refractivity contribution in [2.24, 2.45) is 5.73 Å². The van der Waals surface area contributed by atoms with Gasteiger partial charge in [0.25, 0.3) is 0 Å². The summed E-state index contributed by atoms with van der Waals surface area (Å²) in [6.07, 6.45) is 1.71. The van der Waals surface area contributed by atoms with Gasteiger partial charge in [-0.3, -0.25) is 14.4 Å². The molecule has 0 fully saturated rings. The molecule has 6 N–H and O–H groups in total. The van der Waals surface area contributed by atoms with Gasteiger partial charge in [-0.2, -0.15) is 11.8 Å². The van der Waals surface area contributed by atoms with Crippen molar-refractivity contribution in [2.45, 2.75) is 43.8 Å². The Labute approximate surface area is 173 Å². The second-order valence-electron chi connectivity index (χ2n) is 6.47. The summed E-state index contributed by atoms with van der Waals surface area (Å²) in [7, 11) is 0. The van der Waals surface area contributed by atoms with Gasteiger partial charge in [0, 0.05) is 6.42 Å². The van der Waals surface area contributed by atoms with Gasteiger partial charge in [0.2, 0.25) is 11.8 Å². The number of rotatable bonds is 13. The van der Waals surface area contributed by atoms with Crippen LogP contribution in [0.25, 0.3) is 0 Å². The van der Waals surface area contributed by atoms with E-state index in [0.29, 0.717) is 5.75 Å². The van der Waals surface area contributed by atoms with Crippen LogP contribution < -0.4 is 16.4 Å². The van der Waals surface area contributed by atoms with E-state index in [-0.39, 0.29) is 25.7 Å². The molecule has 0 aliphatic rings. The van der Waals surface area contributed by atoms with Gasteiger partial charge >= 0.3 is 11.9 Å². The summed E-state index contributed by atoms with van der Waals surface area (Å²) >= 11 is 1.43. The minimum Gasteiger partial charge on any atom is -0.481 e. The molecule has 0 bridgehead atoms. The highest BCUT2D eigenvalue weighted by atomic mass is 32.2. The molecule has 0 aromatic heterocycles. The molecule has 1 aromatic carbocycles. The molecule has 0 spiro atoms. The van der Waals surface area contributed by atoms with E-state index in [0.717, 1.165) is 5.56 Å². The van der Waals surface area contributed by atoms with E-state index >= 15 is 0 Å². The maximum atomic E-state index is 12.5. The van der Waals surface area contributed by atoms with Crippen LogP contribution in [0.15, 0.2) is 30.3 Å². The third-order valence-electron chi connectivity index (χ3n) is 4.14. The Morgan fingerprint density at radius 3 is 2.17 bits per heavy atom. The number of nitrogens with one attached hydrogen (secondary N) is 2. The van der Waals surface area contributed by atoms with Crippen LogP contribution in [0.4, 0.5) is 0 Å². The van der Waals surface area contributed by atoms with Crippen LogP contribution in [0.3, 0.4) is 0 Å².